The van der Waals surface area contributed by atoms with Crippen LogP contribution in [0, 0.1) is 11.8 Å². The second kappa shape index (κ2) is 33.5. The molecule has 0 aromatic rings. The van der Waals surface area contributed by atoms with Crippen molar-refractivity contribution in [2.75, 3.05) is 0 Å². The molecule has 0 saturated heterocycles. The summed E-state index contributed by atoms with van der Waals surface area (Å²) in [4.78, 5) is 0. The van der Waals surface area contributed by atoms with Gasteiger partial charge < -0.3 is 0 Å². The minimum atomic E-state index is 0.974. The predicted octanol–water partition coefficient (Wildman–Crippen LogP) is 14.2. The fourth-order valence-electron chi connectivity index (χ4n) is 5.79. The van der Waals surface area contributed by atoms with Crippen molar-refractivity contribution in [2.24, 2.45) is 11.8 Å². The van der Waals surface area contributed by atoms with Crippen LogP contribution in [0.1, 0.15) is 202 Å². The van der Waals surface area contributed by atoms with Crippen LogP contribution in [0.25, 0.3) is 0 Å². The molecule has 222 valence electrons. The predicted molar refractivity (Wildman–Crippen MR) is 175 cm³/mol. The van der Waals surface area contributed by atoms with E-state index in [1.807, 2.05) is 6.92 Å². The van der Waals surface area contributed by atoms with Gasteiger partial charge in [0.1, 0.15) is 0 Å². The van der Waals surface area contributed by atoms with Crippen molar-refractivity contribution >= 4 is 0 Å². The molecule has 0 amide bonds. The molecule has 1 aliphatic rings. The molecule has 37 heavy (non-hydrogen) atoms. The van der Waals surface area contributed by atoms with Crippen LogP contribution in [0.2, 0.25) is 0 Å². The van der Waals surface area contributed by atoms with Crippen molar-refractivity contribution in [1.82, 2.24) is 0 Å². The Morgan fingerprint density at radius 3 is 1.30 bits per heavy atom. The first-order chi connectivity index (χ1) is 18.1. The summed E-state index contributed by atoms with van der Waals surface area (Å²) >= 11 is 0. The topological polar surface area (TPSA) is 0 Å². The summed E-state index contributed by atoms with van der Waals surface area (Å²) < 4.78 is 0. The summed E-state index contributed by atoms with van der Waals surface area (Å²) in [7, 11) is 0. The Hall–Kier alpha value is -0.520. The van der Waals surface area contributed by atoms with E-state index < -0.39 is 0 Å². The maximum atomic E-state index is 4.37. The molecule has 1 fully saturated rings. The van der Waals surface area contributed by atoms with Crippen molar-refractivity contribution in [3.63, 3.8) is 0 Å². The fraction of sp³-hybridized carbons (Fsp3) is 0.892. The third kappa shape index (κ3) is 31.6. The van der Waals surface area contributed by atoms with E-state index in [9.17, 15) is 0 Å². The Balaban J connectivity index is 0. The van der Waals surface area contributed by atoms with Gasteiger partial charge in [-0.3, -0.25) is 0 Å². The molecule has 1 unspecified atom stereocenters. The SMILES string of the molecule is C=C(CCCCCCCCCCCCC)C[C@H]1CCC(CCC)C1.C=CC.CCCCCCCCCC. The van der Waals surface area contributed by atoms with Gasteiger partial charge in [-0.15, -0.1) is 6.58 Å². The lowest BCUT2D eigenvalue weighted by molar-refractivity contribution is 0.454. The first kappa shape index (κ1) is 38.6. The van der Waals surface area contributed by atoms with Crippen molar-refractivity contribution < 1.29 is 0 Å². The Morgan fingerprint density at radius 1 is 0.568 bits per heavy atom. The van der Waals surface area contributed by atoms with Crippen molar-refractivity contribution in [3.05, 3.63) is 24.8 Å². The summed E-state index contributed by atoms with van der Waals surface area (Å²) in [5.41, 5.74) is 1.55. The Kier molecular flexibility index (Phi) is 35.0. The zero-order valence-corrected chi connectivity index (χ0v) is 27.0. The second-order valence-corrected chi connectivity index (χ2v) is 12.1. The van der Waals surface area contributed by atoms with E-state index >= 15 is 0 Å². The van der Waals surface area contributed by atoms with Crippen LogP contribution in [-0.4, -0.2) is 0 Å². The van der Waals surface area contributed by atoms with Crippen molar-refractivity contribution in [3.8, 4) is 0 Å². The quantitative estimate of drug-likeness (QED) is 0.0931. The second-order valence-electron chi connectivity index (χ2n) is 12.1. The minimum Gasteiger partial charge on any atom is -0.103 e. The number of hydrogen-bond donors (Lipinski definition) is 0. The van der Waals surface area contributed by atoms with Crippen LogP contribution in [0.3, 0.4) is 0 Å². The molecular weight excluding hydrogens is 444 g/mol. The summed E-state index contributed by atoms with van der Waals surface area (Å²) in [5.74, 6) is 2.01. The average Bonchev–Trinajstić information content (AvgIpc) is 3.32. The van der Waals surface area contributed by atoms with Crippen LogP contribution in [0.15, 0.2) is 24.8 Å². The van der Waals surface area contributed by atoms with E-state index in [0.717, 1.165) is 11.8 Å². The fourth-order valence-corrected chi connectivity index (χ4v) is 5.79. The van der Waals surface area contributed by atoms with Gasteiger partial charge in [0.25, 0.3) is 0 Å². The van der Waals surface area contributed by atoms with Gasteiger partial charge in [-0.25, -0.2) is 0 Å². The minimum absolute atomic E-state index is 0.974. The van der Waals surface area contributed by atoms with Crippen LogP contribution in [0.4, 0.5) is 0 Å². The maximum Gasteiger partial charge on any atom is -0.0294 e. The zero-order valence-electron chi connectivity index (χ0n) is 27.0. The Morgan fingerprint density at radius 2 is 0.919 bits per heavy atom. The molecule has 0 bridgehead atoms. The monoisotopic (exact) mass is 519 g/mol. The van der Waals surface area contributed by atoms with Gasteiger partial charge in [-0.1, -0.05) is 181 Å². The lowest BCUT2D eigenvalue weighted by Gasteiger charge is -2.13. The third-order valence-electron chi connectivity index (χ3n) is 8.02. The van der Waals surface area contributed by atoms with Crippen LogP contribution in [-0.2, 0) is 0 Å². The van der Waals surface area contributed by atoms with Crippen molar-refractivity contribution in [2.45, 2.75) is 202 Å². The molecule has 1 saturated carbocycles. The molecule has 0 aliphatic heterocycles. The number of allylic oxidation sites excluding steroid dienone is 2. The first-order valence-corrected chi connectivity index (χ1v) is 17.3. The number of unbranched alkanes of at least 4 members (excludes halogenated alkanes) is 17. The molecule has 2 atom stereocenters. The van der Waals surface area contributed by atoms with Crippen LogP contribution < -0.4 is 0 Å². The van der Waals surface area contributed by atoms with E-state index in [2.05, 4.69) is 40.9 Å². The lowest BCUT2D eigenvalue weighted by atomic mass is 9.93. The van der Waals surface area contributed by atoms with Gasteiger partial charge in [0.15, 0.2) is 0 Å². The molecule has 0 N–H and O–H groups in total. The average molecular weight is 519 g/mol. The smallest absolute Gasteiger partial charge is 0.0294 e. The number of hydrogen-bond acceptors (Lipinski definition) is 0. The van der Waals surface area contributed by atoms with Crippen LogP contribution >= 0.6 is 0 Å². The zero-order chi connectivity index (χ0) is 27.8. The van der Waals surface area contributed by atoms with Gasteiger partial charge in [0.2, 0.25) is 0 Å². The Bertz CT molecular complexity index is 425. The first-order valence-electron chi connectivity index (χ1n) is 17.3. The molecule has 0 heterocycles. The van der Waals surface area contributed by atoms with E-state index in [1.54, 1.807) is 11.6 Å². The molecule has 0 heteroatoms. The van der Waals surface area contributed by atoms with Crippen LogP contribution in [0.5, 0.6) is 0 Å². The highest BCUT2D eigenvalue weighted by molar-refractivity contribution is 4.97. The summed E-state index contributed by atoms with van der Waals surface area (Å²) in [5, 5.41) is 0. The molecule has 1 rings (SSSR count). The van der Waals surface area contributed by atoms with E-state index in [-0.39, 0.29) is 0 Å². The summed E-state index contributed by atoms with van der Waals surface area (Å²) in [6, 6.07) is 0. The van der Waals surface area contributed by atoms with Gasteiger partial charge in [-0.05, 0) is 50.9 Å². The van der Waals surface area contributed by atoms with E-state index in [4.69, 9.17) is 0 Å². The highest BCUT2D eigenvalue weighted by Gasteiger charge is 2.23. The van der Waals surface area contributed by atoms with E-state index in [0.29, 0.717) is 0 Å². The van der Waals surface area contributed by atoms with Crippen molar-refractivity contribution in [1.29, 1.82) is 0 Å². The summed E-state index contributed by atoms with van der Waals surface area (Å²) in [6.45, 7) is 18.8. The summed E-state index contributed by atoms with van der Waals surface area (Å²) in [6.07, 6.45) is 39.0. The molecule has 0 spiro atoms. The normalized spacial score (nSPS) is 16.5. The molecule has 0 radical (unpaired) electrons. The molecule has 0 aromatic heterocycles. The molecular formula is C37H74. The highest BCUT2D eigenvalue weighted by atomic mass is 14.3. The highest BCUT2D eigenvalue weighted by Crippen LogP contribution is 2.37. The lowest BCUT2D eigenvalue weighted by Crippen LogP contribution is -1.98. The molecule has 0 aromatic carbocycles. The number of rotatable bonds is 23. The van der Waals surface area contributed by atoms with Gasteiger partial charge in [0, 0.05) is 0 Å². The van der Waals surface area contributed by atoms with Gasteiger partial charge >= 0.3 is 0 Å². The van der Waals surface area contributed by atoms with Gasteiger partial charge in [-0.2, -0.15) is 0 Å². The third-order valence-corrected chi connectivity index (χ3v) is 8.02. The molecule has 1 aliphatic carbocycles. The van der Waals surface area contributed by atoms with E-state index in [1.165, 1.54) is 167 Å². The molecule has 0 nitrogen and oxygen atoms in total. The van der Waals surface area contributed by atoms with Gasteiger partial charge in [0.05, 0.1) is 0 Å². The largest absolute Gasteiger partial charge is 0.103 e. The maximum absolute atomic E-state index is 4.37. The standard InChI is InChI=1S/C24H46.C10H22.C3H6/c1-4-6-7-8-9-10-11-12-13-14-15-17-22(3)20-24-19-18-23(21-24)16-5-2;1-3-5-7-9-10-8-6-4-2;1-3-2/h23-24H,3-21H2,1-2H3;3-10H2,1-2H3;3H,1H2,2H3/t23?,24-;;/m1../s1. The Labute approximate surface area is 238 Å².